The Morgan fingerprint density at radius 2 is 1.81 bits per heavy atom. The second-order valence-corrected chi connectivity index (χ2v) is 6.67. The summed E-state index contributed by atoms with van der Waals surface area (Å²) < 4.78 is 13.7. The molecular weight excluding hydrogens is 357 g/mol. The van der Waals surface area contributed by atoms with Gasteiger partial charge in [0.1, 0.15) is 5.82 Å². The van der Waals surface area contributed by atoms with Gasteiger partial charge in [0.25, 0.3) is 5.91 Å². The summed E-state index contributed by atoms with van der Waals surface area (Å²) in [5.74, 6) is -0.633. The van der Waals surface area contributed by atoms with Crippen molar-refractivity contribution >= 4 is 29.2 Å². The average molecular weight is 378 g/mol. The number of urea groups is 1. The summed E-state index contributed by atoms with van der Waals surface area (Å²) in [6.45, 7) is 1.92. The van der Waals surface area contributed by atoms with Crippen LogP contribution in [0.2, 0.25) is 5.02 Å². The van der Waals surface area contributed by atoms with E-state index in [4.69, 9.17) is 11.6 Å². The van der Waals surface area contributed by atoms with Crippen molar-refractivity contribution < 1.29 is 14.0 Å². The lowest BCUT2D eigenvalue weighted by atomic mass is 10.1. The van der Waals surface area contributed by atoms with Gasteiger partial charge in [0, 0.05) is 33.4 Å². The molecule has 2 rings (SSSR count). The Hall–Kier alpha value is -2.60. The van der Waals surface area contributed by atoms with Gasteiger partial charge in [0.05, 0.1) is 10.6 Å². The standard InChI is InChI=1S/C19H21ClFN3O2/c1-12-5-6-13(9-17(12)21)11-24(4)18(25)15-10-14(7-8-16(15)20)22-19(26)23(2)3/h5-10H,11H2,1-4H3,(H,22,26). The van der Waals surface area contributed by atoms with E-state index in [9.17, 15) is 14.0 Å². The fourth-order valence-corrected chi connectivity index (χ4v) is 2.49. The Labute approximate surface area is 157 Å². The highest BCUT2D eigenvalue weighted by molar-refractivity contribution is 6.34. The molecule has 0 aliphatic carbocycles. The number of halogens is 2. The number of rotatable bonds is 4. The predicted molar refractivity (Wildman–Crippen MR) is 101 cm³/mol. The number of benzene rings is 2. The highest BCUT2D eigenvalue weighted by atomic mass is 35.5. The van der Waals surface area contributed by atoms with Crippen LogP contribution in [0.1, 0.15) is 21.5 Å². The van der Waals surface area contributed by atoms with Crippen molar-refractivity contribution in [3.63, 3.8) is 0 Å². The van der Waals surface area contributed by atoms with Gasteiger partial charge in [-0.15, -0.1) is 0 Å². The molecule has 0 saturated carbocycles. The van der Waals surface area contributed by atoms with E-state index in [-0.39, 0.29) is 34.9 Å². The lowest BCUT2D eigenvalue weighted by Crippen LogP contribution is -2.28. The van der Waals surface area contributed by atoms with E-state index in [2.05, 4.69) is 5.32 Å². The maximum atomic E-state index is 13.7. The first-order chi connectivity index (χ1) is 12.2. The van der Waals surface area contributed by atoms with Crippen LogP contribution in [-0.4, -0.2) is 42.9 Å². The smallest absolute Gasteiger partial charge is 0.321 e. The summed E-state index contributed by atoms with van der Waals surface area (Å²) >= 11 is 6.15. The molecule has 2 aromatic rings. The minimum absolute atomic E-state index is 0.237. The summed E-state index contributed by atoms with van der Waals surface area (Å²) in [6, 6.07) is 9.25. The summed E-state index contributed by atoms with van der Waals surface area (Å²) in [6.07, 6.45) is 0. The van der Waals surface area contributed by atoms with E-state index in [1.165, 1.54) is 21.9 Å². The Bertz CT molecular complexity index is 840. The van der Waals surface area contributed by atoms with Gasteiger partial charge in [0.2, 0.25) is 0 Å². The Kier molecular flexibility index (Phi) is 6.21. The molecule has 0 unspecified atom stereocenters. The van der Waals surface area contributed by atoms with Crippen LogP contribution < -0.4 is 5.32 Å². The van der Waals surface area contributed by atoms with Gasteiger partial charge < -0.3 is 15.1 Å². The highest BCUT2D eigenvalue weighted by Crippen LogP contribution is 2.23. The molecule has 0 aromatic heterocycles. The first-order valence-electron chi connectivity index (χ1n) is 7.97. The van der Waals surface area contributed by atoms with Crippen LogP contribution >= 0.6 is 11.6 Å². The largest absolute Gasteiger partial charge is 0.337 e. The zero-order valence-electron chi connectivity index (χ0n) is 15.1. The Morgan fingerprint density at radius 1 is 1.12 bits per heavy atom. The van der Waals surface area contributed by atoms with Crippen LogP contribution in [0.3, 0.4) is 0 Å². The molecule has 5 nitrogen and oxygen atoms in total. The van der Waals surface area contributed by atoms with Crippen molar-refractivity contribution in [2.45, 2.75) is 13.5 Å². The van der Waals surface area contributed by atoms with E-state index >= 15 is 0 Å². The van der Waals surface area contributed by atoms with Crippen LogP contribution in [0.25, 0.3) is 0 Å². The maximum Gasteiger partial charge on any atom is 0.321 e. The number of hydrogen-bond acceptors (Lipinski definition) is 2. The summed E-state index contributed by atoms with van der Waals surface area (Å²) in [5, 5.41) is 2.95. The van der Waals surface area contributed by atoms with Crippen LogP contribution in [0.5, 0.6) is 0 Å². The Morgan fingerprint density at radius 3 is 2.42 bits per heavy atom. The number of aryl methyl sites for hydroxylation is 1. The predicted octanol–water partition coefficient (Wildman–Crippen LogP) is 4.15. The van der Waals surface area contributed by atoms with E-state index < -0.39 is 0 Å². The SMILES string of the molecule is Cc1ccc(CN(C)C(=O)c2cc(NC(=O)N(C)C)ccc2Cl)cc1F. The third-order valence-corrected chi connectivity index (χ3v) is 4.19. The van der Waals surface area contributed by atoms with E-state index in [1.807, 2.05) is 0 Å². The monoisotopic (exact) mass is 377 g/mol. The fourth-order valence-electron chi connectivity index (χ4n) is 2.29. The van der Waals surface area contributed by atoms with Gasteiger partial charge in [-0.05, 0) is 42.3 Å². The molecule has 26 heavy (non-hydrogen) atoms. The molecule has 1 N–H and O–H groups in total. The summed E-state index contributed by atoms with van der Waals surface area (Å²) in [4.78, 5) is 27.3. The summed E-state index contributed by atoms with van der Waals surface area (Å²) in [7, 11) is 4.85. The second-order valence-electron chi connectivity index (χ2n) is 6.26. The highest BCUT2D eigenvalue weighted by Gasteiger charge is 2.17. The van der Waals surface area contributed by atoms with Crippen LogP contribution in [0, 0.1) is 12.7 Å². The first-order valence-corrected chi connectivity index (χ1v) is 8.35. The molecule has 138 valence electrons. The van der Waals surface area contributed by atoms with Gasteiger partial charge in [-0.3, -0.25) is 4.79 Å². The zero-order chi connectivity index (χ0) is 19.4. The van der Waals surface area contributed by atoms with Gasteiger partial charge >= 0.3 is 6.03 Å². The van der Waals surface area contributed by atoms with Crippen LogP contribution in [0.15, 0.2) is 36.4 Å². The minimum Gasteiger partial charge on any atom is -0.337 e. The molecule has 0 bridgehead atoms. The third kappa shape index (κ3) is 4.73. The number of nitrogens with zero attached hydrogens (tertiary/aromatic N) is 2. The lowest BCUT2D eigenvalue weighted by Gasteiger charge is -2.19. The topological polar surface area (TPSA) is 52.7 Å². The zero-order valence-corrected chi connectivity index (χ0v) is 15.9. The van der Waals surface area contributed by atoms with Crippen molar-refractivity contribution in [3.05, 3.63) is 63.9 Å². The lowest BCUT2D eigenvalue weighted by molar-refractivity contribution is 0.0785. The number of amides is 3. The van der Waals surface area contributed by atoms with Crippen molar-refractivity contribution in [1.82, 2.24) is 9.80 Å². The molecule has 0 saturated heterocycles. The minimum atomic E-state index is -0.322. The molecule has 0 fully saturated rings. The molecule has 7 heteroatoms. The first kappa shape index (κ1) is 19.7. The fraction of sp³-hybridized carbons (Fsp3) is 0.263. The van der Waals surface area contributed by atoms with E-state index in [1.54, 1.807) is 52.3 Å². The normalized spacial score (nSPS) is 10.4. The number of hydrogen-bond donors (Lipinski definition) is 1. The van der Waals surface area contributed by atoms with E-state index in [0.717, 1.165) is 0 Å². The third-order valence-electron chi connectivity index (χ3n) is 3.86. The number of carbonyl (C=O) groups excluding carboxylic acids is 2. The van der Waals surface area contributed by atoms with Crippen molar-refractivity contribution in [1.29, 1.82) is 0 Å². The molecule has 0 spiro atoms. The molecule has 0 heterocycles. The van der Waals surface area contributed by atoms with Gasteiger partial charge in [-0.25, -0.2) is 9.18 Å². The average Bonchev–Trinajstić information content (AvgIpc) is 2.59. The number of carbonyl (C=O) groups is 2. The van der Waals surface area contributed by atoms with Crippen molar-refractivity contribution in [2.24, 2.45) is 0 Å². The molecule has 0 radical (unpaired) electrons. The Balaban J connectivity index is 2.19. The maximum absolute atomic E-state index is 13.7. The van der Waals surface area contributed by atoms with Crippen molar-refractivity contribution in [2.75, 3.05) is 26.5 Å². The number of anilines is 1. The van der Waals surface area contributed by atoms with Gasteiger partial charge in [0.15, 0.2) is 0 Å². The summed E-state index contributed by atoms with van der Waals surface area (Å²) in [5.41, 5.74) is 1.96. The molecule has 0 aliphatic heterocycles. The second kappa shape index (κ2) is 8.19. The van der Waals surface area contributed by atoms with Crippen molar-refractivity contribution in [3.8, 4) is 0 Å². The molecule has 2 aromatic carbocycles. The van der Waals surface area contributed by atoms with Gasteiger partial charge in [-0.2, -0.15) is 0 Å². The molecule has 0 aliphatic rings. The van der Waals surface area contributed by atoms with Crippen LogP contribution in [0.4, 0.5) is 14.9 Å². The van der Waals surface area contributed by atoms with E-state index in [0.29, 0.717) is 16.8 Å². The number of nitrogens with one attached hydrogen (secondary N) is 1. The quantitative estimate of drug-likeness (QED) is 0.870. The van der Waals surface area contributed by atoms with Crippen LogP contribution in [-0.2, 0) is 6.54 Å². The molecular formula is C19H21ClFN3O2. The molecule has 3 amide bonds. The molecule has 0 atom stereocenters. The van der Waals surface area contributed by atoms with Gasteiger partial charge in [-0.1, -0.05) is 23.7 Å².